The standard InChI is InChI=1S/C9H10N2O4S/c10-6(9(12)13)5-16-8-4-2-1-3-7(8)11(14)15/h1-4,6H,5,10H2,(H,12,13)/t6-/m0/s1. The SMILES string of the molecule is [NH3+][C@@H](CSc1ccccc1[N+](=O)[O-])C(=O)[O-]. The van der Waals surface area contributed by atoms with Crippen molar-refractivity contribution in [3.05, 3.63) is 34.4 Å². The lowest BCUT2D eigenvalue weighted by Crippen LogP contribution is -2.69. The fourth-order valence-electron chi connectivity index (χ4n) is 0.988. The first kappa shape index (κ1) is 12.5. The number of nitro groups is 1. The van der Waals surface area contributed by atoms with Gasteiger partial charge in [0.05, 0.1) is 21.5 Å². The van der Waals surface area contributed by atoms with Crippen LogP contribution in [-0.4, -0.2) is 22.7 Å². The molecule has 0 fully saturated rings. The topological polar surface area (TPSA) is 111 Å². The van der Waals surface area contributed by atoms with Crippen LogP contribution >= 0.6 is 11.8 Å². The maximum atomic E-state index is 10.6. The molecule has 0 heterocycles. The van der Waals surface area contributed by atoms with Crippen molar-refractivity contribution in [2.75, 3.05) is 5.75 Å². The number of carbonyl (C=O) groups is 1. The van der Waals surface area contributed by atoms with E-state index in [2.05, 4.69) is 5.73 Å². The molecule has 16 heavy (non-hydrogen) atoms. The molecule has 3 N–H and O–H groups in total. The molecule has 0 aliphatic heterocycles. The molecule has 1 rings (SSSR count). The van der Waals surface area contributed by atoms with Gasteiger partial charge in [-0.2, -0.15) is 0 Å². The number of thioether (sulfide) groups is 1. The molecular weight excluding hydrogens is 232 g/mol. The number of hydrogen-bond donors (Lipinski definition) is 1. The number of carbonyl (C=O) groups excluding carboxylic acids is 1. The highest BCUT2D eigenvalue weighted by Crippen LogP contribution is 2.28. The van der Waals surface area contributed by atoms with Crippen molar-refractivity contribution in [2.24, 2.45) is 0 Å². The van der Waals surface area contributed by atoms with Crippen LogP contribution < -0.4 is 10.8 Å². The number of aliphatic carboxylic acids is 1. The van der Waals surface area contributed by atoms with Gasteiger partial charge in [0.2, 0.25) is 0 Å². The molecule has 0 saturated carbocycles. The average molecular weight is 242 g/mol. The van der Waals surface area contributed by atoms with Crippen molar-refractivity contribution < 1.29 is 20.6 Å². The van der Waals surface area contributed by atoms with Crippen LogP contribution in [0, 0.1) is 10.1 Å². The highest BCUT2D eigenvalue weighted by atomic mass is 32.2. The minimum Gasteiger partial charge on any atom is -0.544 e. The van der Waals surface area contributed by atoms with Gasteiger partial charge in [0.25, 0.3) is 5.69 Å². The van der Waals surface area contributed by atoms with Gasteiger partial charge in [-0.15, -0.1) is 11.8 Å². The van der Waals surface area contributed by atoms with Gasteiger partial charge in [-0.1, -0.05) is 12.1 Å². The zero-order valence-corrected chi connectivity index (χ0v) is 9.11. The van der Waals surface area contributed by atoms with Crippen LogP contribution in [0.25, 0.3) is 0 Å². The van der Waals surface area contributed by atoms with Gasteiger partial charge in [-0.3, -0.25) is 10.1 Å². The van der Waals surface area contributed by atoms with Gasteiger partial charge >= 0.3 is 0 Å². The molecule has 0 aliphatic rings. The van der Waals surface area contributed by atoms with Crippen LogP contribution in [0.1, 0.15) is 0 Å². The lowest BCUT2D eigenvalue weighted by atomic mass is 10.3. The number of nitrogens with zero attached hydrogens (tertiary/aromatic N) is 1. The van der Waals surface area contributed by atoms with Crippen molar-refractivity contribution in [3.63, 3.8) is 0 Å². The molecular formula is C9H10N2O4S. The minimum absolute atomic E-state index is 0.0296. The summed E-state index contributed by atoms with van der Waals surface area (Å²) < 4.78 is 0. The van der Waals surface area contributed by atoms with Crippen molar-refractivity contribution in [3.8, 4) is 0 Å². The summed E-state index contributed by atoms with van der Waals surface area (Å²) in [6.45, 7) is 0. The summed E-state index contributed by atoms with van der Waals surface area (Å²) >= 11 is 1.09. The van der Waals surface area contributed by atoms with Gasteiger partial charge in [0.1, 0.15) is 6.04 Å². The Morgan fingerprint density at radius 2 is 2.12 bits per heavy atom. The fourth-order valence-corrected chi connectivity index (χ4v) is 1.97. The summed E-state index contributed by atoms with van der Waals surface area (Å²) in [5, 5.41) is 21.1. The molecule has 0 saturated heterocycles. The van der Waals surface area contributed by atoms with E-state index in [0.29, 0.717) is 4.90 Å². The first-order chi connectivity index (χ1) is 7.52. The zero-order valence-electron chi connectivity index (χ0n) is 8.29. The Labute approximate surface area is 95.6 Å². The minimum atomic E-state index is -1.26. The summed E-state index contributed by atoms with van der Waals surface area (Å²) in [5.74, 6) is -1.11. The van der Waals surface area contributed by atoms with E-state index < -0.39 is 16.9 Å². The third-order valence-electron chi connectivity index (χ3n) is 1.84. The molecule has 1 atom stereocenters. The lowest BCUT2D eigenvalue weighted by molar-refractivity contribution is -0.431. The van der Waals surface area contributed by atoms with Crippen LogP contribution in [0.5, 0.6) is 0 Å². The first-order valence-corrected chi connectivity index (χ1v) is 5.41. The van der Waals surface area contributed by atoms with E-state index in [9.17, 15) is 20.0 Å². The van der Waals surface area contributed by atoms with Crippen LogP contribution in [0.4, 0.5) is 5.69 Å². The molecule has 0 radical (unpaired) electrons. The largest absolute Gasteiger partial charge is 0.544 e. The van der Waals surface area contributed by atoms with Crippen molar-refractivity contribution >= 4 is 23.4 Å². The number of carboxylic acid groups (broad SMARTS) is 1. The Morgan fingerprint density at radius 1 is 1.50 bits per heavy atom. The van der Waals surface area contributed by atoms with E-state index in [1.54, 1.807) is 18.2 Å². The maximum absolute atomic E-state index is 10.6. The molecule has 0 unspecified atom stereocenters. The van der Waals surface area contributed by atoms with Gasteiger partial charge < -0.3 is 15.6 Å². The van der Waals surface area contributed by atoms with Gasteiger partial charge in [-0.25, -0.2) is 0 Å². The number of rotatable bonds is 5. The van der Waals surface area contributed by atoms with Crippen molar-refractivity contribution in [1.29, 1.82) is 0 Å². The highest BCUT2D eigenvalue weighted by molar-refractivity contribution is 7.99. The number of benzene rings is 1. The number of para-hydroxylation sites is 1. The third-order valence-corrected chi connectivity index (χ3v) is 3.06. The molecule has 86 valence electrons. The molecule has 0 bridgehead atoms. The van der Waals surface area contributed by atoms with E-state index in [1.165, 1.54) is 6.07 Å². The second-order valence-corrected chi connectivity index (χ2v) is 4.11. The summed E-state index contributed by atoms with van der Waals surface area (Å²) in [6.07, 6.45) is 0. The Hall–Kier alpha value is -1.60. The van der Waals surface area contributed by atoms with E-state index >= 15 is 0 Å². The van der Waals surface area contributed by atoms with Crippen LogP contribution in [-0.2, 0) is 4.79 Å². The number of quaternary nitrogens is 1. The third kappa shape index (κ3) is 3.21. The molecule has 1 aromatic rings. The van der Waals surface area contributed by atoms with E-state index in [-0.39, 0.29) is 11.4 Å². The maximum Gasteiger partial charge on any atom is 0.282 e. The molecule has 0 amide bonds. The lowest BCUT2D eigenvalue weighted by Gasteiger charge is -2.08. The van der Waals surface area contributed by atoms with Crippen LogP contribution in [0.15, 0.2) is 29.2 Å². The molecule has 0 aliphatic carbocycles. The predicted molar refractivity (Wildman–Crippen MR) is 55.5 cm³/mol. The van der Waals surface area contributed by atoms with Gasteiger partial charge in [0.15, 0.2) is 0 Å². The number of hydrogen-bond acceptors (Lipinski definition) is 5. The molecule has 0 aromatic heterocycles. The molecule has 7 heteroatoms. The van der Waals surface area contributed by atoms with Crippen LogP contribution in [0.3, 0.4) is 0 Å². The average Bonchev–Trinajstić information content (AvgIpc) is 2.25. The molecule has 1 aromatic carbocycles. The summed E-state index contributed by atoms with van der Waals surface area (Å²) in [4.78, 5) is 21.0. The molecule has 6 nitrogen and oxygen atoms in total. The first-order valence-electron chi connectivity index (χ1n) is 4.42. The van der Waals surface area contributed by atoms with Crippen molar-refractivity contribution in [1.82, 2.24) is 0 Å². The van der Waals surface area contributed by atoms with Crippen LogP contribution in [0.2, 0.25) is 0 Å². The van der Waals surface area contributed by atoms with Gasteiger partial charge in [-0.05, 0) is 6.07 Å². The Balaban J connectivity index is 2.74. The second kappa shape index (κ2) is 5.47. The van der Waals surface area contributed by atoms with E-state index in [4.69, 9.17) is 0 Å². The van der Waals surface area contributed by atoms with E-state index in [0.717, 1.165) is 11.8 Å². The quantitative estimate of drug-likeness (QED) is 0.406. The summed E-state index contributed by atoms with van der Waals surface area (Å²) in [7, 11) is 0. The summed E-state index contributed by atoms with van der Waals surface area (Å²) in [5.41, 5.74) is 3.34. The van der Waals surface area contributed by atoms with Crippen molar-refractivity contribution in [2.45, 2.75) is 10.9 Å². The predicted octanol–water partition coefficient (Wildman–Crippen LogP) is -0.953. The Bertz CT molecular complexity index is 410. The molecule has 0 spiro atoms. The van der Waals surface area contributed by atoms with E-state index in [1.807, 2.05) is 0 Å². The Kier molecular flexibility index (Phi) is 4.27. The van der Waals surface area contributed by atoms with Gasteiger partial charge in [0, 0.05) is 6.07 Å². The Morgan fingerprint density at radius 3 is 2.69 bits per heavy atom. The smallest absolute Gasteiger partial charge is 0.282 e. The number of carboxylic acids is 1. The summed E-state index contributed by atoms with van der Waals surface area (Å²) in [6, 6.07) is 5.28. The zero-order chi connectivity index (χ0) is 12.1. The highest BCUT2D eigenvalue weighted by Gasteiger charge is 2.15. The second-order valence-electron chi connectivity index (χ2n) is 3.05. The number of nitro benzene ring substituents is 1. The monoisotopic (exact) mass is 242 g/mol. The normalized spacial score (nSPS) is 12.1. The fraction of sp³-hybridized carbons (Fsp3) is 0.222.